The Bertz CT molecular complexity index is 996. The number of carbonyl (C=O) groups is 2. The summed E-state index contributed by atoms with van der Waals surface area (Å²) < 4.78 is 4.64. The van der Waals surface area contributed by atoms with Gasteiger partial charge in [-0.1, -0.05) is 11.8 Å². The first-order chi connectivity index (χ1) is 13.7. The molecule has 2 rings (SSSR count). The molecular weight excluding hydrogens is 368 g/mol. The van der Waals surface area contributed by atoms with Crippen molar-refractivity contribution in [3.63, 3.8) is 0 Å². The van der Waals surface area contributed by atoms with E-state index in [2.05, 4.69) is 33.7 Å². The minimum Gasteiger partial charge on any atom is -0.467 e. The molecular formula is C23H22N2O4. The van der Waals surface area contributed by atoms with E-state index < -0.39 is 23.5 Å². The number of aliphatic hydroxyl groups is 1. The summed E-state index contributed by atoms with van der Waals surface area (Å²) in [6, 6.07) is 12.5. The minimum absolute atomic E-state index is 0.321. The number of benzene rings is 2. The molecule has 6 heteroatoms. The highest BCUT2D eigenvalue weighted by Gasteiger charge is 2.35. The molecule has 0 aliphatic carbocycles. The molecule has 0 aliphatic heterocycles. The number of carbonyl (C=O) groups excluding carboxylic acids is 2. The summed E-state index contributed by atoms with van der Waals surface area (Å²) in [5, 5.41) is 12.6. The highest BCUT2D eigenvalue weighted by Crippen LogP contribution is 2.12. The Morgan fingerprint density at radius 1 is 1.00 bits per heavy atom. The van der Waals surface area contributed by atoms with Crippen LogP contribution < -0.4 is 11.1 Å². The van der Waals surface area contributed by atoms with E-state index in [-0.39, 0.29) is 0 Å². The lowest BCUT2D eigenvalue weighted by Gasteiger charge is -2.27. The van der Waals surface area contributed by atoms with Gasteiger partial charge in [0.25, 0.3) is 5.91 Å². The van der Waals surface area contributed by atoms with E-state index in [4.69, 9.17) is 5.73 Å². The van der Waals surface area contributed by atoms with Gasteiger partial charge in [-0.15, -0.1) is 0 Å². The van der Waals surface area contributed by atoms with Crippen LogP contribution in [0.1, 0.15) is 35.3 Å². The van der Waals surface area contributed by atoms with Crippen LogP contribution in [0.15, 0.2) is 48.5 Å². The predicted octanol–water partition coefficient (Wildman–Crippen LogP) is 1.71. The van der Waals surface area contributed by atoms with E-state index in [1.165, 1.54) is 21.0 Å². The molecule has 0 spiro atoms. The Kier molecular flexibility index (Phi) is 7.03. The quantitative estimate of drug-likeness (QED) is 0.419. The number of hydrogen-bond acceptors (Lipinski definition) is 5. The molecule has 0 heterocycles. The molecule has 0 fully saturated rings. The van der Waals surface area contributed by atoms with Crippen LogP contribution in [-0.4, -0.2) is 35.7 Å². The van der Waals surface area contributed by atoms with Crippen molar-refractivity contribution in [3.05, 3.63) is 65.2 Å². The first kappa shape index (κ1) is 21.6. The first-order valence-corrected chi connectivity index (χ1v) is 8.79. The van der Waals surface area contributed by atoms with Crippen molar-refractivity contribution in [2.24, 2.45) is 0 Å². The summed E-state index contributed by atoms with van der Waals surface area (Å²) in [5.41, 5.74) is 6.63. The summed E-state index contributed by atoms with van der Waals surface area (Å²) >= 11 is 0. The van der Waals surface area contributed by atoms with Crippen LogP contribution in [0.4, 0.5) is 5.69 Å². The van der Waals surface area contributed by atoms with Gasteiger partial charge in [-0.25, -0.2) is 4.79 Å². The third-order valence-electron chi connectivity index (χ3n) is 3.95. The average Bonchev–Trinajstić information content (AvgIpc) is 2.69. The topological polar surface area (TPSA) is 102 Å². The lowest BCUT2D eigenvalue weighted by molar-refractivity contribution is -0.148. The number of methoxy groups -OCH3 is 1. The van der Waals surface area contributed by atoms with E-state index in [0.717, 1.165) is 5.56 Å². The fourth-order valence-corrected chi connectivity index (χ4v) is 2.33. The number of amides is 1. The fourth-order valence-electron chi connectivity index (χ4n) is 2.33. The molecule has 2 aromatic rings. The summed E-state index contributed by atoms with van der Waals surface area (Å²) in [4.78, 5) is 24.2. The lowest BCUT2D eigenvalue weighted by atomic mass is 9.98. The monoisotopic (exact) mass is 390 g/mol. The molecule has 2 aromatic carbocycles. The molecule has 4 N–H and O–H groups in total. The second kappa shape index (κ2) is 9.45. The maximum absolute atomic E-state index is 12.4. The number of rotatable bonds is 4. The zero-order valence-corrected chi connectivity index (χ0v) is 16.4. The van der Waals surface area contributed by atoms with Gasteiger partial charge in [0, 0.05) is 22.4 Å². The van der Waals surface area contributed by atoms with Crippen LogP contribution in [0.3, 0.4) is 0 Å². The Labute approximate surface area is 170 Å². The van der Waals surface area contributed by atoms with Gasteiger partial charge in [-0.3, -0.25) is 4.79 Å². The zero-order chi connectivity index (χ0) is 21.4. The molecule has 1 atom stereocenters. The van der Waals surface area contributed by atoms with Crippen molar-refractivity contribution in [1.82, 2.24) is 5.32 Å². The largest absolute Gasteiger partial charge is 0.467 e. The van der Waals surface area contributed by atoms with Crippen molar-refractivity contribution in [2.45, 2.75) is 25.5 Å². The van der Waals surface area contributed by atoms with Gasteiger partial charge in [-0.2, -0.15) is 0 Å². The van der Waals surface area contributed by atoms with E-state index in [1.807, 2.05) is 12.1 Å². The van der Waals surface area contributed by atoms with Gasteiger partial charge < -0.3 is 20.9 Å². The van der Waals surface area contributed by atoms with Crippen LogP contribution >= 0.6 is 0 Å². The third kappa shape index (κ3) is 6.42. The maximum Gasteiger partial charge on any atom is 0.331 e. The third-order valence-corrected chi connectivity index (χ3v) is 3.95. The van der Waals surface area contributed by atoms with E-state index >= 15 is 0 Å². The first-order valence-electron chi connectivity index (χ1n) is 8.79. The smallest absolute Gasteiger partial charge is 0.331 e. The molecule has 0 aromatic heterocycles. The SMILES string of the molecule is COC(=O)[C@@H](NC(=O)c1ccc(C#CC#Cc2ccc(N)cc2)cc1)C(C)(C)O. The summed E-state index contributed by atoms with van der Waals surface area (Å²) in [7, 11) is 1.19. The van der Waals surface area contributed by atoms with Crippen molar-refractivity contribution in [3.8, 4) is 23.7 Å². The fraction of sp³-hybridized carbons (Fsp3) is 0.217. The number of nitrogens with one attached hydrogen (secondary N) is 1. The minimum atomic E-state index is -1.47. The van der Waals surface area contributed by atoms with Crippen molar-refractivity contribution < 1.29 is 19.4 Å². The molecule has 29 heavy (non-hydrogen) atoms. The molecule has 148 valence electrons. The molecule has 0 saturated heterocycles. The predicted molar refractivity (Wildman–Crippen MR) is 111 cm³/mol. The summed E-state index contributed by atoms with van der Waals surface area (Å²) in [6.07, 6.45) is 0. The van der Waals surface area contributed by atoms with Crippen molar-refractivity contribution in [1.29, 1.82) is 0 Å². The second-order valence-corrected chi connectivity index (χ2v) is 6.78. The van der Waals surface area contributed by atoms with Crippen LogP contribution in [0.5, 0.6) is 0 Å². The van der Waals surface area contributed by atoms with Gasteiger partial charge >= 0.3 is 5.97 Å². The zero-order valence-electron chi connectivity index (χ0n) is 16.4. The van der Waals surface area contributed by atoms with Crippen molar-refractivity contribution >= 4 is 17.6 Å². The highest BCUT2D eigenvalue weighted by molar-refractivity contribution is 5.97. The Balaban J connectivity index is 2.06. The Morgan fingerprint density at radius 2 is 1.48 bits per heavy atom. The molecule has 0 unspecified atom stereocenters. The molecule has 0 bridgehead atoms. The maximum atomic E-state index is 12.4. The molecule has 0 radical (unpaired) electrons. The van der Waals surface area contributed by atoms with Crippen LogP contribution in [-0.2, 0) is 9.53 Å². The molecule has 0 aliphatic rings. The standard InChI is InChI=1S/C23H22N2O4/c1-23(2,28)20(22(27)29-3)25-21(26)18-12-8-16(9-13-18)6-4-5-7-17-10-14-19(24)15-11-17/h8-15,20,28H,24H2,1-3H3,(H,25,26)/t20-/m1/s1. The lowest BCUT2D eigenvalue weighted by Crippen LogP contribution is -2.54. The van der Waals surface area contributed by atoms with Crippen LogP contribution in [0.2, 0.25) is 0 Å². The van der Waals surface area contributed by atoms with Gasteiger partial charge in [0.1, 0.15) is 0 Å². The molecule has 0 saturated carbocycles. The van der Waals surface area contributed by atoms with E-state index in [9.17, 15) is 14.7 Å². The van der Waals surface area contributed by atoms with Gasteiger partial charge in [0.15, 0.2) is 6.04 Å². The number of nitrogens with two attached hydrogens (primary N) is 1. The normalized spacial score (nSPS) is 11.2. The number of esters is 1. The van der Waals surface area contributed by atoms with Crippen LogP contribution in [0, 0.1) is 23.7 Å². The number of nitrogen functional groups attached to an aromatic ring is 1. The van der Waals surface area contributed by atoms with Gasteiger partial charge in [0.05, 0.1) is 12.7 Å². The molecule has 1 amide bonds. The second-order valence-electron chi connectivity index (χ2n) is 6.78. The van der Waals surface area contributed by atoms with Crippen molar-refractivity contribution in [2.75, 3.05) is 12.8 Å². The number of ether oxygens (including phenoxy) is 1. The van der Waals surface area contributed by atoms with E-state index in [1.54, 1.807) is 36.4 Å². The molecule has 6 nitrogen and oxygen atoms in total. The van der Waals surface area contributed by atoms with Crippen LogP contribution in [0.25, 0.3) is 0 Å². The number of anilines is 1. The summed E-state index contributed by atoms with van der Waals surface area (Å²) in [5.74, 6) is 10.1. The Hall–Kier alpha value is -3.74. The highest BCUT2D eigenvalue weighted by atomic mass is 16.5. The summed E-state index contributed by atoms with van der Waals surface area (Å²) in [6.45, 7) is 2.83. The van der Waals surface area contributed by atoms with Gasteiger partial charge in [-0.05, 0) is 74.2 Å². The number of hydrogen-bond donors (Lipinski definition) is 3. The Morgan fingerprint density at radius 3 is 1.93 bits per heavy atom. The van der Waals surface area contributed by atoms with Gasteiger partial charge in [0.2, 0.25) is 0 Å². The average molecular weight is 390 g/mol. The van der Waals surface area contributed by atoms with E-state index in [0.29, 0.717) is 16.8 Å².